The van der Waals surface area contributed by atoms with Gasteiger partial charge in [-0.25, -0.2) is 4.79 Å². The van der Waals surface area contributed by atoms with Crippen LogP contribution in [0, 0.1) is 0 Å². The van der Waals surface area contributed by atoms with Crippen LogP contribution in [0.5, 0.6) is 0 Å². The van der Waals surface area contributed by atoms with Crippen molar-refractivity contribution in [3.05, 3.63) is 47.3 Å². The van der Waals surface area contributed by atoms with Gasteiger partial charge in [0.1, 0.15) is 0 Å². The largest absolute Gasteiger partial charge is 0.394 e. The van der Waals surface area contributed by atoms with Gasteiger partial charge in [0.15, 0.2) is 0 Å². The molecule has 0 aliphatic heterocycles. The number of ether oxygens (including phenoxy) is 1. The minimum absolute atomic E-state index is 0.0571. The van der Waals surface area contributed by atoms with Crippen LogP contribution < -0.4 is 10.6 Å². The van der Waals surface area contributed by atoms with Gasteiger partial charge in [0.25, 0.3) is 0 Å². The number of urea groups is 1. The van der Waals surface area contributed by atoms with Crippen molar-refractivity contribution in [1.29, 1.82) is 0 Å². The van der Waals surface area contributed by atoms with Crippen LogP contribution in [0.1, 0.15) is 35.7 Å². The number of aromatic nitrogens is 2. The maximum Gasteiger partial charge on any atom is 0.319 e. The Morgan fingerprint density at radius 3 is 3.16 bits per heavy atom. The monoisotopic (exact) mass is 344 g/mol. The number of carbonyl (C=O) groups is 1. The normalized spacial score (nSPS) is 16.3. The third-order valence-corrected chi connectivity index (χ3v) is 4.38. The molecule has 7 nitrogen and oxygen atoms in total. The second-order valence-electron chi connectivity index (χ2n) is 6.17. The zero-order valence-electron chi connectivity index (χ0n) is 14.4. The van der Waals surface area contributed by atoms with Crippen molar-refractivity contribution in [2.24, 2.45) is 0 Å². The number of aliphatic hydroxyl groups is 1. The third-order valence-electron chi connectivity index (χ3n) is 4.38. The Kier molecular flexibility index (Phi) is 5.67. The Bertz CT molecular complexity index is 729. The highest BCUT2D eigenvalue weighted by molar-refractivity contribution is 5.89. The van der Waals surface area contributed by atoms with E-state index in [0.717, 1.165) is 41.8 Å². The first kappa shape index (κ1) is 17.4. The molecule has 2 aromatic rings. The predicted octanol–water partition coefficient (Wildman–Crippen LogP) is 2.22. The number of amides is 2. The molecule has 3 N–H and O–H groups in total. The maximum atomic E-state index is 12.4. The molecule has 0 saturated heterocycles. The van der Waals surface area contributed by atoms with E-state index in [1.54, 1.807) is 13.3 Å². The number of nitrogens with zero attached hydrogens (tertiary/aromatic N) is 2. The van der Waals surface area contributed by atoms with Crippen LogP contribution >= 0.6 is 0 Å². The van der Waals surface area contributed by atoms with Gasteiger partial charge in [-0.1, -0.05) is 12.1 Å². The number of methoxy groups -OCH3 is 1. The molecule has 1 heterocycles. The highest BCUT2D eigenvalue weighted by atomic mass is 16.5. The SMILES string of the molecule is COCc1cccc(NC(=O)N[C@H]2CCCc3c2cnn3CCO)c1. The Morgan fingerprint density at radius 1 is 1.48 bits per heavy atom. The average Bonchev–Trinajstić information content (AvgIpc) is 3.00. The minimum Gasteiger partial charge on any atom is -0.394 e. The van der Waals surface area contributed by atoms with Crippen molar-refractivity contribution in [3.63, 3.8) is 0 Å². The summed E-state index contributed by atoms with van der Waals surface area (Å²) >= 11 is 0. The lowest BCUT2D eigenvalue weighted by molar-refractivity contribution is 0.185. The van der Waals surface area contributed by atoms with E-state index in [1.165, 1.54) is 0 Å². The summed E-state index contributed by atoms with van der Waals surface area (Å²) in [5, 5.41) is 19.4. The van der Waals surface area contributed by atoms with Crippen LogP contribution in [-0.4, -0.2) is 34.6 Å². The molecule has 7 heteroatoms. The molecule has 134 valence electrons. The number of aliphatic hydroxyl groups excluding tert-OH is 1. The summed E-state index contributed by atoms with van der Waals surface area (Å²) in [6, 6.07) is 7.30. The van der Waals surface area contributed by atoms with Crippen LogP contribution in [0.25, 0.3) is 0 Å². The van der Waals surface area contributed by atoms with E-state index in [4.69, 9.17) is 9.84 Å². The number of hydrogen-bond donors (Lipinski definition) is 3. The molecule has 0 fully saturated rings. The van der Waals surface area contributed by atoms with E-state index in [-0.39, 0.29) is 18.7 Å². The summed E-state index contributed by atoms with van der Waals surface area (Å²) in [7, 11) is 1.64. The Morgan fingerprint density at radius 2 is 2.36 bits per heavy atom. The zero-order valence-corrected chi connectivity index (χ0v) is 14.4. The number of anilines is 1. The highest BCUT2D eigenvalue weighted by Crippen LogP contribution is 2.29. The van der Waals surface area contributed by atoms with Gasteiger partial charge >= 0.3 is 6.03 Å². The van der Waals surface area contributed by atoms with Crippen molar-refractivity contribution in [2.45, 2.75) is 38.5 Å². The van der Waals surface area contributed by atoms with Crippen molar-refractivity contribution in [1.82, 2.24) is 15.1 Å². The number of benzene rings is 1. The molecule has 0 unspecified atom stereocenters. The van der Waals surface area contributed by atoms with Crippen LogP contribution in [0.2, 0.25) is 0 Å². The Balaban J connectivity index is 1.65. The standard InChI is InChI=1S/C18H24N4O3/c1-25-12-13-4-2-5-14(10-13)20-18(24)21-16-6-3-7-17-15(16)11-19-22(17)8-9-23/h2,4-5,10-11,16,23H,3,6-9,12H2,1H3,(H2,20,21,24)/t16-/m0/s1. The lowest BCUT2D eigenvalue weighted by Crippen LogP contribution is -2.34. The van der Waals surface area contributed by atoms with Gasteiger partial charge in [-0.3, -0.25) is 4.68 Å². The number of carbonyl (C=O) groups excluding carboxylic acids is 1. The van der Waals surface area contributed by atoms with Gasteiger partial charge in [-0.05, 0) is 37.0 Å². The van der Waals surface area contributed by atoms with Gasteiger partial charge in [0.2, 0.25) is 0 Å². The van der Waals surface area contributed by atoms with Gasteiger partial charge in [-0.15, -0.1) is 0 Å². The highest BCUT2D eigenvalue weighted by Gasteiger charge is 2.25. The predicted molar refractivity (Wildman–Crippen MR) is 94.3 cm³/mol. The lowest BCUT2D eigenvalue weighted by atomic mass is 9.93. The van der Waals surface area contributed by atoms with Gasteiger partial charge in [0.05, 0.1) is 32.0 Å². The summed E-state index contributed by atoms with van der Waals surface area (Å²) in [6.45, 7) is 1.05. The van der Waals surface area contributed by atoms with E-state index in [0.29, 0.717) is 13.2 Å². The summed E-state index contributed by atoms with van der Waals surface area (Å²) in [5.74, 6) is 0. The molecule has 0 radical (unpaired) electrons. The fraction of sp³-hybridized carbons (Fsp3) is 0.444. The molecule has 1 aliphatic carbocycles. The number of fused-ring (bicyclic) bond motifs is 1. The fourth-order valence-electron chi connectivity index (χ4n) is 3.29. The van der Waals surface area contributed by atoms with Crippen LogP contribution in [0.3, 0.4) is 0 Å². The number of hydrogen-bond acceptors (Lipinski definition) is 4. The number of nitrogens with one attached hydrogen (secondary N) is 2. The molecular weight excluding hydrogens is 320 g/mol. The Hall–Kier alpha value is -2.38. The molecular formula is C18H24N4O3. The summed E-state index contributed by atoms with van der Waals surface area (Å²) in [6.07, 6.45) is 4.59. The maximum absolute atomic E-state index is 12.4. The topological polar surface area (TPSA) is 88.4 Å². The molecule has 1 aliphatic rings. The summed E-state index contributed by atoms with van der Waals surface area (Å²) < 4.78 is 6.94. The second-order valence-corrected chi connectivity index (χ2v) is 6.17. The van der Waals surface area contributed by atoms with Crippen molar-refractivity contribution < 1.29 is 14.6 Å². The first-order valence-corrected chi connectivity index (χ1v) is 8.52. The first-order valence-electron chi connectivity index (χ1n) is 8.52. The van der Waals surface area contributed by atoms with E-state index >= 15 is 0 Å². The van der Waals surface area contributed by atoms with Gasteiger partial charge in [-0.2, -0.15) is 5.10 Å². The summed E-state index contributed by atoms with van der Waals surface area (Å²) in [4.78, 5) is 12.4. The van der Waals surface area contributed by atoms with E-state index in [1.807, 2.05) is 28.9 Å². The van der Waals surface area contributed by atoms with E-state index in [9.17, 15) is 4.79 Å². The van der Waals surface area contributed by atoms with Crippen LogP contribution in [-0.2, 0) is 24.3 Å². The van der Waals surface area contributed by atoms with Crippen molar-refractivity contribution in [3.8, 4) is 0 Å². The summed E-state index contributed by atoms with van der Waals surface area (Å²) in [5.41, 5.74) is 3.89. The van der Waals surface area contributed by atoms with Crippen LogP contribution in [0.4, 0.5) is 10.5 Å². The molecule has 3 rings (SSSR count). The van der Waals surface area contributed by atoms with Crippen LogP contribution in [0.15, 0.2) is 30.5 Å². The molecule has 1 aromatic heterocycles. The zero-order chi connectivity index (χ0) is 17.6. The fourth-order valence-corrected chi connectivity index (χ4v) is 3.29. The molecule has 1 atom stereocenters. The molecule has 0 saturated carbocycles. The molecule has 25 heavy (non-hydrogen) atoms. The molecule has 2 amide bonds. The van der Waals surface area contributed by atoms with Crippen molar-refractivity contribution in [2.75, 3.05) is 19.0 Å². The first-order chi connectivity index (χ1) is 12.2. The number of rotatable bonds is 6. The van der Waals surface area contributed by atoms with Gasteiger partial charge < -0.3 is 20.5 Å². The van der Waals surface area contributed by atoms with Crippen molar-refractivity contribution >= 4 is 11.7 Å². The Labute approximate surface area is 147 Å². The molecule has 1 aromatic carbocycles. The van der Waals surface area contributed by atoms with E-state index < -0.39 is 0 Å². The van der Waals surface area contributed by atoms with Gasteiger partial charge in [0, 0.05) is 24.1 Å². The minimum atomic E-state index is -0.234. The van der Waals surface area contributed by atoms with E-state index in [2.05, 4.69) is 15.7 Å². The molecule has 0 spiro atoms. The molecule has 0 bridgehead atoms. The smallest absolute Gasteiger partial charge is 0.319 e. The second kappa shape index (κ2) is 8.13. The third kappa shape index (κ3) is 4.18. The average molecular weight is 344 g/mol. The quantitative estimate of drug-likeness (QED) is 0.750. The lowest BCUT2D eigenvalue weighted by Gasteiger charge is -2.24.